The maximum absolute atomic E-state index is 2.58. The molecule has 54 heavy (non-hydrogen) atoms. The Morgan fingerprint density at radius 1 is 0.481 bits per heavy atom. The lowest BCUT2D eigenvalue weighted by molar-refractivity contribution is 0.660. The number of rotatable bonds is 6. The van der Waals surface area contributed by atoms with Crippen molar-refractivity contribution < 1.29 is 0 Å². The van der Waals surface area contributed by atoms with Crippen molar-refractivity contribution in [3.63, 3.8) is 0 Å². The van der Waals surface area contributed by atoms with Gasteiger partial charge in [0.05, 0.1) is 32.9 Å². The third kappa shape index (κ3) is 5.41. The number of hydrogen-bond donors (Lipinski definition) is 0. The Hall–Kier alpha value is -5.17. The first-order valence-electron chi connectivity index (χ1n) is 19.4. The molecule has 0 unspecified atom stereocenters. The first kappa shape index (κ1) is 34.6. The summed E-state index contributed by atoms with van der Waals surface area (Å²) in [6.45, 7) is 21.8. The smallest absolute Gasteiger partial charge is 0.0776 e. The Morgan fingerprint density at radius 3 is 1.67 bits per heavy atom. The average molecular weight is 735 g/mol. The molecule has 0 saturated heterocycles. The van der Waals surface area contributed by atoms with Gasteiger partial charge in [0.1, 0.15) is 0 Å². The van der Waals surface area contributed by atoms with E-state index in [2.05, 4.69) is 209 Å². The van der Waals surface area contributed by atoms with Crippen LogP contribution in [-0.2, 0) is 5.41 Å². The van der Waals surface area contributed by atoms with E-state index in [9.17, 15) is 0 Å². The average Bonchev–Trinajstić information content (AvgIpc) is 3.58. The molecule has 1 aromatic heterocycles. The summed E-state index contributed by atoms with van der Waals surface area (Å²) in [7, 11) is -3.07. The molecule has 0 aliphatic heterocycles. The van der Waals surface area contributed by atoms with Crippen LogP contribution in [0.15, 0.2) is 140 Å². The number of hydrogen-bond acceptors (Lipinski definition) is 1. The van der Waals surface area contributed by atoms with Crippen LogP contribution in [0.4, 0.5) is 17.1 Å². The second kappa shape index (κ2) is 12.2. The van der Waals surface area contributed by atoms with Gasteiger partial charge in [-0.25, -0.2) is 0 Å². The standard InChI is InChI=1S/C50H50N2Si2/c1-33-16-15-19-35(28-33)51(34-17-11-10-12-18-34)36-22-25-41-44(29-36)50(2,3)45-32-48(39-20-13-14-21-40(39)49(41)45)52-46-26-23-37(53(4,5)6)30-42(46)43-31-38(54(7,8)9)24-27-47(43)52/h10-32H,1-9H3. The summed E-state index contributed by atoms with van der Waals surface area (Å²) in [5.74, 6) is 0. The molecule has 1 heterocycles. The predicted molar refractivity (Wildman–Crippen MR) is 241 cm³/mol. The van der Waals surface area contributed by atoms with E-state index in [0.29, 0.717) is 0 Å². The van der Waals surface area contributed by atoms with Gasteiger partial charge in [-0.05, 0) is 94.7 Å². The molecular formula is C50H50N2Si2. The van der Waals surface area contributed by atoms with Crippen LogP contribution in [0.25, 0.3) is 49.4 Å². The van der Waals surface area contributed by atoms with Crippen molar-refractivity contribution in [1.29, 1.82) is 0 Å². The molecule has 0 radical (unpaired) electrons. The van der Waals surface area contributed by atoms with E-state index in [1.54, 1.807) is 0 Å². The highest BCUT2D eigenvalue weighted by molar-refractivity contribution is 6.89. The largest absolute Gasteiger partial charge is 0.310 e. The Balaban J connectivity index is 1.29. The molecule has 7 aromatic carbocycles. The van der Waals surface area contributed by atoms with Crippen molar-refractivity contribution in [3.05, 3.63) is 156 Å². The highest BCUT2D eigenvalue weighted by Gasteiger charge is 2.38. The lowest BCUT2D eigenvalue weighted by atomic mass is 9.81. The zero-order chi connectivity index (χ0) is 37.7. The van der Waals surface area contributed by atoms with Gasteiger partial charge >= 0.3 is 0 Å². The van der Waals surface area contributed by atoms with E-state index in [1.165, 1.54) is 87.8 Å². The van der Waals surface area contributed by atoms with Gasteiger partial charge in [0, 0.05) is 38.6 Å². The molecule has 268 valence electrons. The topological polar surface area (TPSA) is 8.17 Å². The predicted octanol–water partition coefficient (Wildman–Crippen LogP) is 13.1. The van der Waals surface area contributed by atoms with Crippen LogP contribution in [0.2, 0.25) is 39.3 Å². The molecule has 0 amide bonds. The van der Waals surface area contributed by atoms with E-state index < -0.39 is 16.1 Å². The summed E-state index contributed by atoms with van der Waals surface area (Å²) < 4.78 is 2.58. The van der Waals surface area contributed by atoms with Gasteiger partial charge in [-0.3, -0.25) is 0 Å². The van der Waals surface area contributed by atoms with E-state index in [1.807, 2.05) is 0 Å². The van der Waals surface area contributed by atoms with Gasteiger partial charge in [0.15, 0.2) is 0 Å². The molecule has 9 rings (SSSR count). The van der Waals surface area contributed by atoms with Crippen molar-refractivity contribution in [2.75, 3.05) is 4.90 Å². The SMILES string of the molecule is Cc1cccc(N(c2ccccc2)c2ccc3c(c2)C(C)(C)c2cc(-n4c5ccc([Si](C)(C)C)cc5c5cc([Si](C)(C)C)ccc54)c4ccccc4c2-3)c1. The van der Waals surface area contributed by atoms with Gasteiger partial charge in [0.25, 0.3) is 0 Å². The van der Waals surface area contributed by atoms with Gasteiger partial charge in [0.2, 0.25) is 0 Å². The number of benzene rings is 7. The Kier molecular flexibility index (Phi) is 7.80. The van der Waals surface area contributed by atoms with Crippen LogP contribution in [0.5, 0.6) is 0 Å². The number of fused-ring (bicyclic) bond motifs is 8. The summed E-state index contributed by atoms with van der Waals surface area (Å²) in [5, 5.41) is 8.37. The molecule has 0 bridgehead atoms. The van der Waals surface area contributed by atoms with Crippen LogP contribution in [0.1, 0.15) is 30.5 Å². The lowest BCUT2D eigenvalue weighted by Crippen LogP contribution is -2.37. The number of para-hydroxylation sites is 1. The van der Waals surface area contributed by atoms with Crippen molar-refractivity contribution in [2.24, 2.45) is 0 Å². The molecule has 0 atom stereocenters. The summed E-state index contributed by atoms with van der Waals surface area (Å²) in [6, 6.07) is 53.1. The summed E-state index contributed by atoms with van der Waals surface area (Å²) in [6.07, 6.45) is 0. The summed E-state index contributed by atoms with van der Waals surface area (Å²) in [4.78, 5) is 2.40. The van der Waals surface area contributed by atoms with Gasteiger partial charge in [-0.1, -0.05) is 148 Å². The van der Waals surface area contributed by atoms with Crippen LogP contribution in [-0.4, -0.2) is 20.7 Å². The number of anilines is 3. The van der Waals surface area contributed by atoms with Crippen LogP contribution in [0, 0.1) is 6.92 Å². The lowest BCUT2D eigenvalue weighted by Gasteiger charge is -2.28. The minimum absolute atomic E-state index is 0.219. The van der Waals surface area contributed by atoms with Crippen molar-refractivity contribution >= 4 is 76.2 Å². The maximum atomic E-state index is 2.58. The first-order chi connectivity index (χ1) is 25.7. The highest BCUT2D eigenvalue weighted by Crippen LogP contribution is 2.54. The minimum atomic E-state index is -1.53. The Bertz CT molecular complexity index is 2700. The fourth-order valence-electron chi connectivity index (χ4n) is 8.88. The van der Waals surface area contributed by atoms with E-state index >= 15 is 0 Å². The zero-order valence-electron chi connectivity index (χ0n) is 33.2. The first-order valence-corrected chi connectivity index (χ1v) is 26.4. The number of aryl methyl sites for hydroxylation is 1. The van der Waals surface area contributed by atoms with Gasteiger partial charge in [-0.15, -0.1) is 0 Å². The molecule has 0 spiro atoms. The van der Waals surface area contributed by atoms with E-state index in [-0.39, 0.29) is 5.41 Å². The molecule has 0 saturated carbocycles. The maximum Gasteiger partial charge on any atom is 0.0776 e. The van der Waals surface area contributed by atoms with Gasteiger partial charge < -0.3 is 9.47 Å². The normalized spacial score (nSPS) is 13.8. The quantitative estimate of drug-likeness (QED) is 0.154. The Labute approximate surface area is 322 Å². The number of nitrogens with zero attached hydrogens (tertiary/aromatic N) is 2. The molecule has 1 aliphatic rings. The molecule has 0 N–H and O–H groups in total. The minimum Gasteiger partial charge on any atom is -0.310 e. The summed E-state index contributed by atoms with van der Waals surface area (Å²) in [5.41, 5.74) is 13.8. The molecule has 0 fully saturated rings. The van der Waals surface area contributed by atoms with Crippen molar-refractivity contribution in [3.8, 4) is 16.8 Å². The molecule has 4 heteroatoms. The summed E-state index contributed by atoms with van der Waals surface area (Å²) >= 11 is 0. The fraction of sp³-hybridized carbons (Fsp3) is 0.200. The molecule has 8 aromatic rings. The van der Waals surface area contributed by atoms with Crippen LogP contribution in [0.3, 0.4) is 0 Å². The van der Waals surface area contributed by atoms with Crippen LogP contribution >= 0.6 is 0 Å². The van der Waals surface area contributed by atoms with E-state index in [0.717, 1.165) is 5.69 Å². The Morgan fingerprint density at radius 2 is 1.06 bits per heavy atom. The van der Waals surface area contributed by atoms with Crippen LogP contribution < -0.4 is 15.3 Å². The van der Waals surface area contributed by atoms with E-state index in [4.69, 9.17) is 0 Å². The van der Waals surface area contributed by atoms with Gasteiger partial charge in [-0.2, -0.15) is 0 Å². The zero-order valence-corrected chi connectivity index (χ0v) is 35.2. The third-order valence-electron chi connectivity index (χ3n) is 11.9. The fourth-order valence-corrected chi connectivity index (χ4v) is 11.2. The number of aromatic nitrogens is 1. The van der Waals surface area contributed by atoms with Crippen molar-refractivity contribution in [2.45, 2.75) is 65.5 Å². The second-order valence-corrected chi connectivity index (χ2v) is 28.2. The van der Waals surface area contributed by atoms with Crippen molar-refractivity contribution in [1.82, 2.24) is 4.57 Å². The molecule has 1 aliphatic carbocycles. The monoisotopic (exact) mass is 734 g/mol. The molecular weight excluding hydrogens is 685 g/mol. The highest BCUT2D eigenvalue weighted by atomic mass is 28.3. The third-order valence-corrected chi connectivity index (χ3v) is 16.0. The molecule has 2 nitrogen and oxygen atoms in total. The second-order valence-electron chi connectivity index (χ2n) is 18.0.